The molecule has 1 N–H and O–H groups in total. The number of nitrogens with zero attached hydrogens (tertiary/aromatic N) is 2. The molecule has 0 aliphatic rings. The van der Waals surface area contributed by atoms with Crippen LogP contribution in [0.4, 0.5) is 4.79 Å². The quantitative estimate of drug-likeness (QED) is 0.844. The Kier molecular flexibility index (Phi) is 6.48. The summed E-state index contributed by atoms with van der Waals surface area (Å²) in [6, 6.07) is 1.51. The highest BCUT2D eigenvalue weighted by atomic mass is 79.9. The summed E-state index contributed by atoms with van der Waals surface area (Å²) in [5.41, 5.74) is 0. The number of rotatable bonds is 6. The predicted octanol–water partition coefficient (Wildman–Crippen LogP) is 3.25. The first-order chi connectivity index (χ1) is 9.35. The molecule has 20 heavy (non-hydrogen) atoms. The highest BCUT2D eigenvalue weighted by Gasteiger charge is 2.23. The number of carbonyl (C=O) groups is 2. The van der Waals surface area contributed by atoms with Crippen LogP contribution in [0.15, 0.2) is 15.9 Å². The first-order valence-corrected chi connectivity index (χ1v) is 7.98. The molecule has 1 atom stereocenters. The van der Waals surface area contributed by atoms with Crippen molar-refractivity contribution in [3.63, 3.8) is 0 Å². The zero-order chi connectivity index (χ0) is 15.3. The van der Waals surface area contributed by atoms with E-state index in [0.29, 0.717) is 13.1 Å². The van der Waals surface area contributed by atoms with Crippen molar-refractivity contribution in [2.75, 3.05) is 13.6 Å². The highest BCUT2D eigenvalue weighted by Crippen LogP contribution is 2.21. The molecule has 0 aliphatic carbocycles. The van der Waals surface area contributed by atoms with Gasteiger partial charge in [-0.05, 0) is 35.8 Å². The summed E-state index contributed by atoms with van der Waals surface area (Å²) < 4.78 is 1.00. The summed E-state index contributed by atoms with van der Waals surface area (Å²) >= 11 is 4.96. The van der Waals surface area contributed by atoms with E-state index in [9.17, 15) is 9.59 Å². The molecule has 1 aromatic rings. The van der Waals surface area contributed by atoms with E-state index in [0.717, 1.165) is 9.35 Å². The largest absolute Gasteiger partial charge is 0.481 e. The van der Waals surface area contributed by atoms with Gasteiger partial charge in [0, 0.05) is 34.4 Å². The van der Waals surface area contributed by atoms with Crippen LogP contribution in [-0.2, 0) is 11.3 Å². The van der Waals surface area contributed by atoms with Gasteiger partial charge in [0.1, 0.15) is 0 Å². The maximum atomic E-state index is 12.4. The third kappa shape index (κ3) is 4.79. The molecule has 0 aliphatic heterocycles. The predicted molar refractivity (Wildman–Crippen MR) is 83.0 cm³/mol. The Hall–Kier alpha value is -1.08. The molecule has 2 amide bonds. The molecule has 0 spiro atoms. The summed E-state index contributed by atoms with van der Waals surface area (Å²) in [6.07, 6.45) is -0.0437. The lowest BCUT2D eigenvalue weighted by Gasteiger charge is -2.31. The SMILES string of the molecule is CCN(C(=O)N(C)Cc1cc(Br)cs1)C(C)CC(=O)O. The van der Waals surface area contributed by atoms with Gasteiger partial charge >= 0.3 is 12.0 Å². The van der Waals surface area contributed by atoms with Crippen LogP contribution in [0.25, 0.3) is 0 Å². The van der Waals surface area contributed by atoms with Gasteiger partial charge in [-0.15, -0.1) is 11.3 Å². The van der Waals surface area contributed by atoms with Crippen LogP contribution in [-0.4, -0.2) is 46.5 Å². The number of carboxylic acids is 1. The Morgan fingerprint density at radius 2 is 2.15 bits per heavy atom. The van der Waals surface area contributed by atoms with Gasteiger partial charge in [-0.2, -0.15) is 0 Å². The number of halogens is 1. The van der Waals surface area contributed by atoms with E-state index in [1.807, 2.05) is 18.4 Å². The van der Waals surface area contributed by atoms with Gasteiger partial charge in [-0.3, -0.25) is 4.79 Å². The van der Waals surface area contributed by atoms with Crippen LogP contribution < -0.4 is 0 Å². The van der Waals surface area contributed by atoms with E-state index in [1.54, 1.807) is 35.1 Å². The molecule has 0 saturated carbocycles. The maximum Gasteiger partial charge on any atom is 0.320 e. The van der Waals surface area contributed by atoms with E-state index in [2.05, 4.69) is 15.9 Å². The van der Waals surface area contributed by atoms with E-state index in [4.69, 9.17) is 5.11 Å². The number of carboxylic acid groups (broad SMARTS) is 1. The molecule has 0 saturated heterocycles. The minimum absolute atomic E-state index is 0.0437. The number of aliphatic carboxylic acids is 1. The summed E-state index contributed by atoms with van der Waals surface area (Å²) in [5, 5.41) is 10.8. The molecule has 1 heterocycles. The number of carbonyl (C=O) groups excluding carboxylic acids is 1. The van der Waals surface area contributed by atoms with Crippen molar-refractivity contribution in [2.45, 2.75) is 32.9 Å². The second kappa shape index (κ2) is 7.64. The number of amides is 2. The number of thiophene rings is 1. The lowest BCUT2D eigenvalue weighted by molar-refractivity contribution is -0.138. The van der Waals surface area contributed by atoms with Crippen molar-refractivity contribution in [3.05, 3.63) is 20.8 Å². The summed E-state index contributed by atoms with van der Waals surface area (Å²) in [5.74, 6) is -0.895. The van der Waals surface area contributed by atoms with Crippen molar-refractivity contribution in [2.24, 2.45) is 0 Å². The molecule has 1 rings (SSSR count). The molecule has 0 radical (unpaired) electrons. The standard InChI is InChI=1S/C13H19BrN2O3S/c1-4-16(9(2)5-12(17)18)13(19)15(3)7-11-6-10(14)8-20-11/h6,8-9H,4-5,7H2,1-3H3,(H,17,18). The fourth-order valence-electron chi connectivity index (χ4n) is 1.96. The Morgan fingerprint density at radius 3 is 2.60 bits per heavy atom. The van der Waals surface area contributed by atoms with Crippen molar-refractivity contribution < 1.29 is 14.7 Å². The molecule has 1 unspecified atom stereocenters. The second-order valence-corrected chi connectivity index (χ2v) is 6.51. The Morgan fingerprint density at radius 1 is 1.50 bits per heavy atom. The van der Waals surface area contributed by atoms with E-state index < -0.39 is 5.97 Å². The van der Waals surface area contributed by atoms with Crippen molar-refractivity contribution in [1.82, 2.24) is 9.80 Å². The molecule has 0 fully saturated rings. The van der Waals surface area contributed by atoms with E-state index >= 15 is 0 Å². The smallest absolute Gasteiger partial charge is 0.320 e. The van der Waals surface area contributed by atoms with Crippen LogP contribution in [0.2, 0.25) is 0 Å². The van der Waals surface area contributed by atoms with Crippen LogP contribution in [0, 0.1) is 0 Å². The number of hydrogen-bond acceptors (Lipinski definition) is 3. The van der Waals surface area contributed by atoms with Gasteiger partial charge in [-0.25, -0.2) is 4.79 Å². The lowest BCUT2D eigenvalue weighted by Crippen LogP contribution is -2.46. The van der Waals surface area contributed by atoms with Gasteiger partial charge < -0.3 is 14.9 Å². The molecule has 7 heteroatoms. The number of urea groups is 1. The molecular formula is C13H19BrN2O3S. The molecule has 5 nitrogen and oxygen atoms in total. The van der Waals surface area contributed by atoms with Crippen LogP contribution >= 0.6 is 27.3 Å². The fourth-order valence-corrected chi connectivity index (χ4v) is 3.46. The third-order valence-electron chi connectivity index (χ3n) is 2.93. The van der Waals surface area contributed by atoms with Gasteiger partial charge in [-0.1, -0.05) is 0 Å². The van der Waals surface area contributed by atoms with Crippen molar-refractivity contribution in [1.29, 1.82) is 0 Å². The van der Waals surface area contributed by atoms with Gasteiger partial charge in [0.05, 0.1) is 13.0 Å². The van der Waals surface area contributed by atoms with E-state index in [1.165, 1.54) is 0 Å². The lowest BCUT2D eigenvalue weighted by atomic mass is 10.2. The van der Waals surface area contributed by atoms with Gasteiger partial charge in [0.15, 0.2) is 0 Å². The molecule has 0 bridgehead atoms. The average molecular weight is 363 g/mol. The monoisotopic (exact) mass is 362 g/mol. The Balaban J connectivity index is 2.67. The summed E-state index contributed by atoms with van der Waals surface area (Å²) in [6.45, 7) is 4.62. The second-order valence-electron chi connectivity index (χ2n) is 4.60. The Bertz CT molecular complexity index is 478. The van der Waals surface area contributed by atoms with Crippen LogP contribution in [0.1, 0.15) is 25.1 Å². The fraction of sp³-hybridized carbons (Fsp3) is 0.538. The molecule has 112 valence electrons. The molecule has 1 aromatic heterocycles. The Labute approximate surface area is 131 Å². The van der Waals surface area contributed by atoms with Crippen molar-refractivity contribution >= 4 is 39.3 Å². The summed E-state index contributed by atoms with van der Waals surface area (Å²) in [7, 11) is 1.73. The normalized spacial score (nSPS) is 12.0. The zero-order valence-corrected chi connectivity index (χ0v) is 14.2. The zero-order valence-electron chi connectivity index (χ0n) is 11.8. The molecule has 0 aromatic carbocycles. The van der Waals surface area contributed by atoms with Crippen LogP contribution in [0.5, 0.6) is 0 Å². The minimum Gasteiger partial charge on any atom is -0.481 e. The molecular weight excluding hydrogens is 344 g/mol. The van der Waals surface area contributed by atoms with E-state index in [-0.39, 0.29) is 18.5 Å². The number of hydrogen-bond donors (Lipinski definition) is 1. The van der Waals surface area contributed by atoms with Gasteiger partial charge in [0.25, 0.3) is 0 Å². The topological polar surface area (TPSA) is 60.9 Å². The highest BCUT2D eigenvalue weighted by molar-refractivity contribution is 9.10. The van der Waals surface area contributed by atoms with Crippen molar-refractivity contribution in [3.8, 4) is 0 Å². The van der Waals surface area contributed by atoms with Crippen LogP contribution in [0.3, 0.4) is 0 Å². The first-order valence-electron chi connectivity index (χ1n) is 6.31. The maximum absolute atomic E-state index is 12.4. The van der Waals surface area contributed by atoms with Gasteiger partial charge in [0.2, 0.25) is 0 Å². The summed E-state index contributed by atoms with van der Waals surface area (Å²) in [4.78, 5) is 27.4. The minimum atomic E-state index is -0.895. The average Bonchev–Trinajstić information content (AvgIpc) is 2.74. The first kappa shape index (κ1) is 17.0. The third-order valence-corrected chi connectivity index (χ3v) is 4.61.